The number of fused-ring (bicyclic) bond motifs is 1. The van der Waals surface area contributed by atoms with Crippen LogP contribution in [0.5, 0.6) is 0 Å². The molecule has 0 radical (unpaired) electrons. The van der Waals surface area contributed by atoms with Crippen molar-refractivity contribution >= 4 is 34.4 Å². The first kappa shape index (κ1) is 23.2. The summed E-state index contributed by atoms with van der Waals surface area (Å²) in [7, 11) is 0. The third-order valence-electron chi connectivity index (χ3n) is 4.85. The summed E-state index contributed by atoms with van der Waals surface area (Å²) in [5.41, 5.74) is -0.414. The number of hydrogen-bond acceptors (Lipinski definition) is 6. The zero-order chi connectivity index (χ0) is 24.3. The number of halogens is 4. The number of anilines is 1. The number of pyridine rings is 2. The van der Waals surface area contributed by atoms with Crippen LogP contribution >= 0.6 is 11.6 Å². The normalized spacial score (nSPS) is 11.5. The Hall–Kier alpha value is -3.93. The van der Waals surface area contributed by atoms with Gasteiger partial charge in [0.05, 0.1) is 18.1 Å². The molecule has 0 spiro atoms. The van der Waals surface area contributed by atoms with Crippen molar-refractivity contribution < 1.29 is 18.0 Å². The van der Waals surface area contributed by atoms with E-state index in [0.29, 0.717) is 11.2 Å². The lowest BCUT2D eigenvalue weighted by atomic mass is 10.2. The van der Waals surface area contributed by atoms with Crippen molar-refractivity contribution in [2.45, 2.75) is 19.0 Å². The number of aromatic amines is 1. The Labute approximate surface area is 195 Å². The molecule has 0 saturated heterocycles. The lowest BCUT2D eigenvalue weighted by Gasteiger charge is -2.17. The van der Waals surface area contributed by atoms with Crippen LogP contribution in [0.1, 0.15) is 11.3 Å². The standard InChI is InChI=1S/C21H17ClF3N7O2/c22-16-9-30-19(31-11-21(24,25)15-3-1-2-4-26-15)20(34)32(16)10-17(33)27-6-12-5-13-14(23)8-29-18(13)28-7-12/h1-5,7-9H,6,10-11H2,(H,27,33)(H,28,29)(H,30,31). The van der Waals surface area contributed by atoms with E-state index in [4.69, 9.17) is 11.6 Å². The van der Waals surface area contributed by atoms with Gasteiger partial charge in [0.1, 0.15) is 28.9 Å². The quantitative estimate of drug-likeness (QED) is 0.349. The molecule has 0 unspecified atom stereocenters. The Morgan fingerprint density at radius 1 is 1.21 bits per heavy atom. The Bertz CT molecular complexity index is 1390. The highest BCUT2D eigenvalue weighted by Crippen LogP contribution is 2.25. The Balaban J connectivity index is 1.42. The SMILES string of the molecule is O=C(Cn1c(Cl)cnc(NCC(F)(F)c2ccccn2)c1=O)NCc1cnc2[nH]cc(F)c2c1. The fourth-order valence-electron chi connectivity index (χ4n) is 3.11. The van der Waals surface area contributed by atoms with Crippen LogP contribution in [0.15, 0.2) is 53.8 Å². The van der Waals surface area contributed by atoms with E-state index < -0.39 is 47.8 Å². The van der Waals surface area contributed by atoms with Gasteiger partial charge in [-0.2, -0.15) is 8.78 Å². The molecule has 34 heavy (non-hydrogen) atoms. The number of aromatic nitrogens is 5. The number of rotatable bonds is 8. The molecule has 0 aliphatic rings. The van der Waals surface area contributed by atoms with Crippen LogP contribution in [0.2, 0.25) is 5.15 Å². The van der Waals surface area contributed by atoms with E-state index in [2.05, 4.69) is 30.6 Å². The number of alkyl halides is 2. The topological polar surface area (TPSA) is 118 Å². The summed E-state index contributed by atoms with van der Waals surface area (Å²) in [5.74, 6) is -4.83. The molecule has 176 valence electrons. The molecule has 4 rings (SSSR count). The minimum absolute atomic E-state index is 0.0191. The van der Waals surface area contributed by atoms with E-state index in [0.717, 1.165) is 16.8 Å². The molecular formula is C21H17ClF3N7O2. The second-order valence-electron chi connectivity index (χ2n) is 7.25. The molecule has 4 heterocycles. The van der Waals surface area contributed by atoms with E-state index in [-0.39, 0.29) is 17.1 Å². The molecule has 0 atom stereocenters. The van der Waals surface area contributed by atoms with Gasteiger partial charge in [0.15, 0.2) is 5.82 Å². The summed E-state index contributed by atoms with van der Waals surface area (Å²) >= 11 is 6.00. The first-order valence-electron chi connectivity index (χ1n) is 9.91. The molecule has 0 fully saturated rings. The maximum Gasteiger partial charge on any atom is 0.306 e. The Kier molecular flexibility index (Phi) is 6.50. The third-order valence-corrected chi connectivity index (χ3v) is 5.15. The van der Waals surface area contributed by atoms with E-state index in [9.17, 15) is 22.8 Å². The molecule has 0 aliphatic heterocycles. The summed E-state index contributed by atoms with van der Waals surface area (Å²) < 4.78 is 43.3. The number of nitrogens with one attached hydrogen (secondary N) is 3. The van der Waals surface area contributed by atoms with Crippen molar-refractivity contribution in [1.82, 2.24) is 29.8 Å². The molecule has 13 heteroatoms. The minimum atomic E-state index is -3.37. The highest BCUT2D eigenvalue weighted by atomic mass is 35.5. The fraction of sp³-hybridized carbons (Fsp3) is 0.190. The van der Waals surface area contributed by atoms with Gasteiger partial charge in [-0.25, -0.2) is 14.4 Å². The average Bonchev–Trinajstić information content (AvgIpc) is 3.20. The predicted molar refractivity (Wildman–Crippen MR) is 118 cm³/mol. The summed E-state index contributed by atoms with van der Waals surface area (Å²) in [4.78, 5) is 39.2. The van der Waals surface area contributed by atoms with Crippen molar-refractivity contribution in [3.63, 3.8) is 0 Å². The van der Waals surface area contributed by atoms with Gasteiger partial charge in [-0.15, -0.1) is 0 Å². The van der Waals surface area contributed by atoms with E-state index in [1.807, 2.05) is 0 Å². The van der Waals surface area contributed by atoms with E-state index in [1.165, 1.54) is 36.8 Å². The van der Waals surface area contributed by atoms with Crippen LogP contribution in [0.4, 0.5) is 19.0 Å². The number of H-pyrrole nitrogens is 1. The first-order chi connectivity index (χ1) is 16.2. The summed E-state index contributed by atoms with van der Waals surface area (Å²) in [5, 5.41) is 5.00. The molecule has 0 aromatic carbocycles. The molecule has 3 N–H and O–H groups in total. The van der Waals surface area contributed by atoms with Crippen LogP contribution < -0.4 is 16.2 Å². The highest BCUT2D eigenvalue weighted by Gasteiger charge is 2.33. The van der Waals surface area contributed by atoms with Gasteiger partial charge < -0.3 is 15.6 Å². The number of amides is 1. The van der Waals surface area contributed by atoms with Crippen LogP contribution in [-0.4, -0.2) is 37.0 Å². The second-order valence-corrected chi connectivity index (χ2v) is 7.63. The van der Waals surface area contributed by atoms with Gasteiger partial charge in [-0.05, 0) is 23.8 Å². The number of carbonyl (C=O) groups excluding carboxylic acids is 1. The zero-order valence-corrected chi connectivity index (χ0v) is 18.1. The van der Waals surface area contributed by atoms with Crippen molar-refractivity contribution in [2.75, 3.05) is 11.9 Å². The molecular weight excluding hydrogens is 475 g/mol. The number of hydrogen-bond donors (Lipinski definition) is 3. The van der Waals surface area contributed by atoms with Gasteiger partial charge in [-0.1, -0.05) is 17.7 Å². The first-order valence-corrected chi connectivity index (χ1v) is 10.3. The van der Waals surface area contributed by atoms with Crippen molar-refractivity contribution in [3.05, 3.63) is 81.6 Å². The monoisotopic (exact) mass is 491 g/mol. The summed E-state index contributed by atoms with van der Waals surface area (Å²) in [6, 6.07) is 5.62. The minimum Gasteiger partial charge on any atom is -0.359 e. The molecule has 4 aromatic rings. The fourth-order valence-corrected chi connectivity index (χ4v) is 3.30. The molecule has 0 saturated carbocycles. The summed E-state index contributed by atoms with van der Waals surface area (Å²) in [6.45, 7) is -1.41. The molecule has 0 aliphatic carbocycles. The maximum atomic E-state index is 14.3. The van der Waals surface area contributed by atoms with Gasteiger partial charge in [0.25, 0.3) is 5.56 Å². The van der Waals surface area contributed by atoms with Gasteiger partial charge in [-0.3, -0.25) is 19.1 Å². The van der Waals surface area contributed by atoms with Crippen LogP contribution in [0.3, 0.4) is 0 Å². The van der Waals surface area contributed by atoms with E-state index >= 15 is 0 Å². The molecule has 1 amide bonds. The largest absolute Gasteiger partial charge is 0.359 e. The van der Waals surface area contributed by atoms with Crippen molar-refractivity contribution in [2.24, 2.45) is 0 Å². The lowest BCUT2D eigenvalue weighted by molar-refractivity contribution is -0.121. The predicted octanol–water partition coefficient (Wildman–Crippen LogP) is 2.83. The van der Waals surface area contributed by atoms with Crippen LogP contribution in [0, 0.1) is 5.82 Å². The number of nitrogens with zero attached hydrogens (tertiary/aromatic N) is 4. The third kappa shape index (κ3) is 5.01. The van der Waals surface area contributed by atoms with Crippen LogP contribution in [-0.2, 0) is 23.8 Å². The molecule has 9 nitrogen and oxygen atoms in total. The summed E-state index contributed by atoms with van der Waals surface area (Å²) in [6.07, 6.45) is 4.95. The second kappa shape index (κ2) is 9.51. The maximum absolute atomic E-state index is 14.3. The Morgan fingerprint density at radius 3 is 2.79 bits per heavy atom. The smallest absolute Gasteiger partial charge is 0.306 e. The average molecular weight is 492 g/mol. The van der Waals surface area contributed by atoms with Crippen molar-refractivity contribution in [1.29, 1.82) is 0 Å². The Morgan fingerprint density at radius 2 is 2.03 bits per heavy atom. The zero-order valence-electron chi connectivity index (χ0n) is 17.4. The highest BCUT2D eigenvalue weighted by molar-refractivity contribution is 6.29. The van der Waals surface area contributed by atoms with Gasteiger partial charge in [0, 0.05) is 25.1 Å². The van der Waals surface area contributed by atoms with E-state index in [1.54, 1.807) is 0 Å². The molecule has 4 aromatic heterocycles. The molecule has 0 bridgehead atoms. The van der Waals surface area contributed by atoms with Gasteiger partial charge >= 0.3 is 5.92 Å². The lowest BCUT2D eigenvalue weighted by Crippen LogP contribution is -2.35. The van der Waals surface area contributed by atoms with Crippen LogP contribution in [0.25, 0.3) is 11.0 Å². The van der Waals surface area contributed by atoms with Crippen molar-refractivity contribution in [3.8, 4) is 0 Å². The number of carbonyl (C=O) groups is 1. The van der Waals surface area contributed by atoms with Gasteiger partial charge in [0.2, 0.25) is 5.91 Å².